The first-order valence-electron chi connectivity index (χ1n) is 3.94. The van der Waals surface area contributed by atoms with Gasteiger partial charge in [0, 0.05) is 0 Å². The minimum Gasteiger partial charge on any atom is -0.498 e. The van der Waals surface area contributed by atoms with E-state index >= 15 is 0 Å². The van der Waals surface area contributed by atoms with Crippen LogP contribution in [0.4, 0.5) is 0 Å². The van der Waals surface area contributed by atoms with Crippen LogP contribution in [-0.2, 0) is 4.74 Å². The molecule has 0 aromatic carbocycles. The summed E-state index contributed by atoms with van der Waals surface area (Å²) in [6.45, 7) is 0.781. The van der Waals surface area contributed by atoms with Gasteiger partial charge < -0.3 is 10.5 Å². The van der Waals surface area contributed by atoms with Crippen molar-refractivity contribution in [3.63, 3.8) is 0 Å². The van der Waals surface area contributed by atoms with E-state index in [-0.39, 0.29) is 0 Å². The molecule has 1 atom stereocenters. The van der Waals surface area contributed by atoms with Crippen LogP contribution in [-0.4, -0.2) is 12.6 Å². The normalized spacial score (nSPS) is 24.3. The smallest absolute Gasteiger partial charge is 0.0981 e. The Hall–Kier alpha value is -0.500. The molecule has 1 aliphatic heterocycles. The molecule has 0 aromatic rings. The third-order valence-electron chi connectivity index (χ3n) is 1.75. The predicted molar refractivity (Wildman–Crippen MR) is 41.5 cm³/mol. The zero-order valence-electron chi connectivity index (χ0n) is 6.25. The third-order valence-corrected chi connectivity index (χ3v) is 1.75. The molecule has 0 bridgehead atoms. The van der Waals surface area contributed by atoms with Crippen molar-refractivity contribution in [2.24, 2.45) is 5.73 Å². The molecular formula is C8H15NO. The molecule has 0 fully saturated rings. The molecular weight excluding hydrogens is 126 g/mol. The summed E-state index contributed by atoms with van der Waals surface area (Å²) >= 11 is 0. The first-order chi connectivity index (χ1) is 4.93. The topological polar surface area (TPSA) is 35.2 Å². The van der Waals surface area contributed by atoms with Gasteiger partial charge in [-0.15, -0.1) is 0 Å². The summed E-state index contributed by atoms with van der Waals surface area (Å²) in [4.78, 5) is 0. The molecule has 0 aliphatic carbocycles. The van der Waals surface area contributed by atoms with Crippen LogP contribution in [0.15, 0.2) is 12.3 Å². The maximum Gasteiger partial charge on any atom is 0.0981 e. The van der Waals surface area contributed by atoms with Crippen LogP contribution in [0.3, 0.4) is 0 Å². The molecule has 1 heterocycles. The van der Waals surface area contributed by atoms with Crippen molar-refractivity contribution < 1.29 is 4.74 Å². The van der Waals surface area contributed by atoms with Crippen LogP contribution in [0.1, 0.15) is 25.7 Å². The van der Waals surface area contributed by atoms with Crippen molar-refractivity contribution in [2.75, 3.05) is 6.54 Å². The Labute approximate surface area is 62.1 Å². The fourth-order valence-electron chi connectivity index (χ4n) is 1.14. The average molecular weight is 141 g/mol. The first-order valence-corrected chi connectivity index (χ1v) is 3.94. The molecule has 0 saturated heterocycles. The number of nitrogens with two attached hydrogens (primary N) is 1. The van der Waals surface area contributed by atoms with Gasteiger partial charge in [0.1, 0.15) is 0 Å². The highest BCUT2D eigenvalue weighted by Gasteiger charge is 2.08. The number of rotatable bonds is 3. The second-order valence-corrected chi connectivity index (χ2v) is 2.64. The summed E-state index contributed by atoms with van der Waals surface area (Å²) in [7, 11) is 0. The van der Waals surface area contributed by atoms with Crippen molar-refractivity contribution in [1.29, 1.82) is 0 Å². The van der Waals surface area contributed by atoms with E-state index in [0.717, 1.165) is 32.2 Å². The molecule has 1 unspecified atom stereocenters. The van der Waals surface area contributed by atoms with Gasteiger partial charge >= 0.3 is 0 Å². The van der Waals surface area contributed by atoms with E-state index in [2.05, 4.69) is 6.08 Å². The molecule has 2 heteroatoms. The van der Waals surface area contributed by atoms with Gasteiger partial charge in [0.15, 0.2) is 0 Å². The zero-order chi connectivity index (χ0) is 7.23. The van der Waals surface area contributed by atoms with Gasteiger partial charge in [-0.1, -0.05) is 0 Å². The molecule has 0 aromatic heterocycles. The fraction of sp³-hybridized carbons (Fsp3) is 0.750. The van der Waals surface area contributed by atoms with E-state index in [9.17, 15) is 0 Å². The van der Waals surface area contributed by atoms with E-state index in [1.807, 2.05) is 6.26 Å². The Morgan fingerprint density at radius 3 is 3.10 bits per heavy atom. The molecule has 10 heavy (non-hydrogen) atoms. The minimum absolute atomic E-state index is 0.438. The van der Waals surface area contributed by atoms with Gasteiger partial charge in [-0.2, -0.15) is 0 Å². The van der Waals surface area contributed by atoms with Gasteiger partial charge in [0.2, 0.25) is 0 Å². The largest absolute Gasteiger partial charge is 0.498 e. The summed E-state index contributed by atoms with van der Waals surface area (Å²) in [6.07, 6.45) is 8.84. The summed E-state index contributed by atoms with van der Waals surface area (Å²) in [5.41, 5.74) is 5.37. The SMILES string of the molecule is NCCCC1CCC=CO1. The van der Waals surface area contributed by atoms with E-state index in [4.69, 9.17) is 10.5 Å². The van der Waals surface area contributed by atoms with Crippen LogP contribution in [0.2, 0.25) is 0 Å². The van der Waals surface area contributed by atoms with Crippen LogP contribution >= 0.6 is 0 Å². The van der Waals surface area contributed by atoms with E-state index in [1.54, 1.807) is 0 Å². The highest BCUT2D eigenvalue weighted by molar-refractivity contribution is 4.81. The van der Waals surface area contributed by atoms with Crippen molar-refractivity contribution in [1.82, 2.24) is 0 Å². The lowest BCUT2D eigenvalue weighted by Crippen LogP contribution is -2.14. The van der Waals surface area contributed by atoms with Gasteiger partial charge in [0.05, 0.1) is 12.4 Å². The molecule has 2 nitrogen and oxygen atoms in total. The summed E-state index contributed by atoms with van der Waals surface area (Å²) in [5, 5.41) is 0. The van der Waals surface area contributed by atoms with Crippen molar-refractivity contribution in [3.05, 3.63) is 12.3 Å². The minimum atomic E-state index is 0.438. The highest BCUT2D eigenvalue weighted by atomic mass is 16.5. The standard InChI is InChI=1S/C8H15NO/c9-6-3-5-8-4-1-2-7-10-8/h2,7-8H,1,3-6,9H2. The third kappa shape index (κ3) is 2.40. The zero-order valence-corrected chi connectivity index (χ0v) is 6.25. The monoisotopic (exact) mass is 141 g/mol. The molecule has 1 aliphatic rings. The molecule has 2 N–H and O–H groups in total. The molecule has 0 spiro atoms. The molecule has 0 saturated carbocycles. The van der Waals surface area contributed by atoms with Crippen molar-refractivity contribution >= 4 is 0 Å². The van der Waals surface area contributed by atoms with Crippen LogP contribution in [0.5, 0.6) is 0 Å². The summed E-state index contributed by atoms with van der Waals surface area (Å²) in [5.74, 6) is 0. The Morgan fingerprint density at radius 2 is 2.50 bits per heavy atom. The number of ether oxygens (including phenoxy) is 1. The van der Waals surface area contributed by atoms with Gasteiger partial charge in [-0.3, -0.25) is 0 Å². The maximum atomic E-state index is 5.37. The summed E-state index contributed by atoms with van der Waals surface area (Å²) < 4.78 is 5.34. The van der Waals surface area contributed by atoms with Crippen LogP contribution in [0.25, 0.3) is 0 Å². The summed E-state index contributed by atoms with van der Waals surface area (Å²) in [6, 6.07) is 0. The fourth-order valence-corrected chi connectivity index (χ4v) is 1.14. The van der Waals surface area contributed by atoms with E-state index in [0.29, 0.717) is 6.10 Å². The average Bonchev–Trinajstić information content (AvgIpc) is 2.03. The van der Waals surface area contributed by atoms with Gasteiger partial charge in [-0.25, -0.2) is 0 Å². The molecule has 1 rings (SSSR count). The lowest BCUT2D eigenvalue weighted by atomic mass is 10.1. The second kappa shape index (κ2) is 4.34. The van der Waals surface area contributed by atoms with Gasteiger partial charge in [0.25, 0.3) is 0 Å². The van der Waals surface area contributed by atoms with E-state index in [1.165, 1.54) is 0 Å². The quantitative estimate of drug-likeness (QED) is 0.645. The predicted octanol–water partition coefficient (Wildman–Crippen LogP) is 1.42. The number of hydrogen-bond donors (Lipinski definition) is 1. The lowest BCUT2D eigenvalue weighted by molar-refractivity contribution is 0.114. The molecule has 0 amide bonds. The lowest BCUT2D eigenvalue weighted by Gasteiger charge is -2.18. The number of allylic oxidation sites excluding steroid dienone is 1. The first kappa shape index (κ1) is 7.61. The second-order valence-electron chi connectivity index (χ2n) is 2.64. The molecule has 0 radical (unpaired) electrons. The highest BCUT2D eigenvalue weighted by Crippen LogP contribution is 2.14. The van der Waals surface area contributed by atoms with Crippen molar-refractivity contribution in [3.8, 4) is 0 Å². The Bertz CT molecular complexity index is 112. The Morgan fingerprint density at radius 1 is 1.60 bits per heavy atom. The number of hydrogen-bond acceptors (Lipinski definition) is 2. The maximum absolute atomic E-state index is 5.37. The van der Waals surface area contributed by atoms with Gasteiger partial charge in [-0.05, 0) is 38.3 Å². The Balaban J connectivity index is 2.10. The molecule has 58 valence electrons. The van der Waals surface area contributed by atoms with Crippen molar-refractivity contribution in [2.45, 2.75) is 31.8 Å². The van der Waals surface area contributed by atoms with E-state index < -0.39 is 0 Å². The Kier molecular flexibility index (Phi) is 3.30. The van der Waals surface area contributed by atoms with Crippen LogP contribution < -0.4 is 5.73 Å². The van der Waals surface area contributed by atoms with Crippen LogP contribution in [0, 0.1) is 0 Å².